The van der Waals surface area contributed by atoms with E-state index in [2.05, 4.69) is 0 Å². The molecule has 7 nitrogen and oxygen atoms in total. The van der Waals surface area contributed by atoms with Crippen molar-refractivity contribution >= 4 is 17.9 Å². The highest BCUT2D eigenvalue weighted by molar-refractivity contribution is 5.87. The maximum Gasteiger partial charge on any atom is 0.327 e. The van der Waals surface area contributed by atoms with E-state index in [1.807, 2.05) is 0 Å². The maximum absolute atomic E-state index is 12.4. The lowest BCUT2D eigenvalue weighted by molar-refractivity contribution is -0.198. The molecule has 24 heavy (non-hydrogen) atoms. The Labute approximate surface area is 142 Å². The van der Waals surface area contributed by atoms with E-state index in [0.717, 1.165) is 6.42 Å². The van der Waals surface area contributed by atoms with Gasteiger partial charge in [-0.3, -0.25) is 14.4 Å². The van der Waals surface area contributed by atoms with Gasteiger partial charge in [0.1, 0.15) is 6.04 Å². The summed E-state index contributed by atoms with van der Waals surface area (Å²) in [7, 11) is 0. The van der Waals surface area contributed by atoms with Gasteiger partial charge in [0.25, 0.3) is 0 Å². The maximum atomic E-state index is 12.4. The number of carbonyl (C=O) groups is 3. The van der Waals surface area contributed by atoms with Crippen molar-refractivity contribution in [3.05, 3.63) is 0 Å². The van der Waals surface area contributed by atoms with E-state index in [-0.39, 0.29) is 6.42 Å². The number of hydrogen-bond donors (Lipinski definition) is 2. The molecule has 2 atom stereocenters. The highest BCUT2D eigenvalue weighted by atomic mass is 16.7. The molecule has 0 spiro atoms. The zero-order valence-corrected chi connectivity index (χ0v) is 15.0. The lowest BCUT2D eigenvalue weighted by atomic mass is 9.69. The van der Waals surface area contributed by atoms with E-state index in [9.17, 15) is 19.5 Å². The molecule has 0 bridgehead atoms. The van der Waals surface area contributed by atoms with Crippen LogP contribution in [-0.2, 0) is 23.9 Å². The number of hydrogen-bond acceptors (Lipinski definition) is 6. The summed E-state index contributed by atoms with van der Waals surface area (Å²) in [5, 5.41) is 9.58. The summed E-state index contributed by atoms with van der Waals surface area (Å²) in [5.41, 5.74) is 3.92. The molecule has 138 valence electrons. The SMILES string of the molecule is CCC(OC(=O)C(N)C1(C(=O)O)CCCCC1)OC(=O)C(C)(C)C. The average molecular weight is 343 g/mol. The van der Waals surface area contributed by atoms with Crippen LogP contribution in [0.25, 0.3) is 0 Å². The molecule has 0 radical (unpaired) electrons. The van der Waals surface area contributed by atoms with Gasteiger partial charge >= 0.3 is 17.9 Å². The highest BCUT2D eigenvalue weighted by Crippen LogP contribution is 2.39. The van der Waals surface area contributed by atoms with E-state index in [1.165, 1.54) is 0 Å². The second kappa shape index (κ2) is 7.96. The van der Waals surface area contributed by atoms with Crippen LogP contribution >= 0.6 is 0 Å². The Balaban J connectivity index is 2.79. The van der Waals surface area contributed by atoms with Crippen LogP contribution in [0.15, 0.2) is 0 Å². The Hall–Kier alpha value is -1.63. The predicted molar refractivity (Wildman–Crippen MR) is 86.8 cm³/mol. The summed E-state index contributed by atoms with van der Waals surface area (Å²) in [6.45, 7) is 6.78. The van der Waals surface area contributed by atoms with Crippen molar-refractivity contribution in [3.63, 3.8) is 0 Å². The Morgan fingerprint density at radius 3 is 2.08 bits per heavy atom. The van der Waals surface area contributed by atoms with Crippen molar-refractivity contribution < 1.29 is 29.0 Å². The molecule has 0 aliphatic heterocycles. The summed E-state index contributed by atoms with van der Waals surface area (Å²) in [6, 6.07) is -1.28. The minimum absolute atomic E-state index is 0.264. The third-order valence-electron chi connectivity index (χ3n) is 4.45. The summed E-state index contributed by atoms with van der Waals surface area (Å²) in [4.78, 5) is 36.0. The number of esters is 2. The van der Waals surface area contributed by atoms with Gasteiger partial charge in [-0.2, -0.15) is 0 Å². The zero-order chi connectivity index (χ0) is 18.5. The van der Waals surface area contributed by atoms with Crippen molar-refractivity contribution in [3.8, 4) is 0 Å². The number of rotatable bonds is 6. The molecule has 0 amide bonds. The third-order valence-corrected chi connectivity index (χ3v) is 4.45. The number of nitrogens with two attached hydrogens (primary N) is 1. The fraction of sp³-hybridized carbons (Fsp3) is 0.824. The molecule has 1 aliphatic rings. The highest BCUT2D eigenvalue weighted by Gasteiger charge is 2.49. The van der Waals surface area contributed by atoms with Crippen LogP contribution in [0.3, 0.4) is 0 Å². The molecule has 1 saturated carbocycles. The minimum Gasteiger partial charge on any atom is -0.481 e. The van der Waals surface area contributed by atoms with Gasteiger partial charge in [-0.1, -0.05) is 26.2 Å². The molecule has 0 heterocycles. The second-order valence-corrected chi connectivity index (χ2v) is 7.43. The number of carboxylic acid groups (broad SMARTS) is 1. The Morgan fingerprint density at radius 2 is 1.67 bits per heavy atom. The molecule has 0 aromatic heterocycles. The summed E-state index contributed by atoms with van der Waals surface area (Å²) in [5.74, 6) is -2.42. The Kier molecular flexibility index (Phi) is 6.77. The van der Waals surface area contributed by atoms with Crippen LogP contribution in [0.1, 0.15) is 66.2 Å². The predicted octanol–water partition coefficient (Wildman–Crippen LogP) is 2.22. The molecule has 7 heteroatoms. The first-order valence-corrected chi connectivity index (χ1v) is 8.45. The second-order valence-electron chi connectivity index (χ2n) is 7.43. The Bertz CT molecular complexity index is 476. The quantitative estimate of drug-likeness (QED) is 0.561. The number of carbonyl (C=O) groups excluding carboxylic acids is 2. The van der Waals surface area contributed by atoms with Gasteiger partial charge in [-0.15, -0.1) is 0 Å². The third kappa shape index (κ3) is 4.69. The number of aliphatic carboxylic acids is 1. The first-order valence-electron chi connectivity index (χ1n) is 8.45. The van der Waals surface area contributed by atoms with Crippen molar-refractivity contribution in [2.24, 2.45) is 16.6 Å². The van der Waals surface area contributed by atoms with Gasteiger partial charge < -0.3 is 20.3 Å². The molecule has 0 aromatic rings. The molecular formula is C17H29NO6. The van der Waals surface area contributed by atoms with Gasteiger partial charge in [-0.25, -0.2) is 0 Å². The normalized spacial score (nSPS) is 19.9. The lowest BCUT2D eigenvalue weighted by Gasteiger charge is -2.37. The molecular weight excluding hydrogens is 314 g/mol. The first kappa shape index (κ1) is 20.4. The topological polar surface area (TPSA) is 116 Å². The summed E-state index contributed by atoms with van der Waals surface area (Å²) >= 11 is 0. The monoisotopic (exact) mass is 343 g/mol. The molecule has 0 aromatic carbocycles. The van der Waals surface area contributed by atoms with Gasteiger partial charge in [0.15, 0.2) is 0 Å². The number of carboxylic acids is 1. The van der Waals surface area contributed by atoms with Gasteiger partial charge in [0.05, 0.1) is 10.8 Å². The van der Waals surface area contributed by atoms with E-state index in [4.69, 9.17) is 15.2 Å². The van der Waals surface area contributed by atoms with Crippen molar-refractivity contribution in [1.29, 1.82) is 0 Å². The van der Waals surface area contributed by atoms with Crippen LogP contribution in [0.5, 0.6) is 0 Å². The fourth-order valence-electron chi connectivity index (χ4n) is 2.76. The van der Waals surface area contributed by atoms with Crippen LogP contribution in [0.4, 0.5) is 0 Å². The van der Waals surface area contributed by atoms with Gasteiger partial charge in [0.2, 0.25) is 6.29 Å². The number of ether oxygens (including phenoxy) is 2. The smallest absolute Gasteiger partial charge is 0.327 e. The van der Waals surface area contributed by atoms with Gasteiger partial charge in [0, 0.05) is 6.42 Å². The largest absolute Gasteiger partial charge is 0.481 e. The van der Waals surface area contributed by atoms with Crippen molar-refractivity contribution in [1.82, 2.24) is 0 Å². The molecule has 1 aliphatic carbocycles. The van der Waals surface area contributed by atoms with Crippen molar-refractivity contribution in [2.45, 2.75) is 78.6 Å². The molecule has 2 unspecified atom stereocenters. The van der Waals surface area contributed by atoms with Crippen molar-refractivity contribution in [2.75, 3.05) is 0 Å². The summed E-state index contributed by atoms with van der Waals surface area (Å²) in [6.07, 6.45) is 2.24. The fourth-order valence-corrected chi connectivity index (χ4v) is 2.76. The van der Waals surface area contributed by atoms with E-state index >= 15 is 0 Å². The molecule has 0 saturated heterocycles. The van der Waals surface area contributed by atoms with Crippen LogP contribution in [0.2, 0.25) is 0 Å². The summed E-state index contributed by atoms with van der Waals surface area (Å²) < 4.78 is 10.4. The molecule has 1 fully saturated rings. The standard InChI is InChI=1S/C17H29NO6/c1-5-11(24-15(22)16(2,3)4)23-13(19)12(18)17(14(20)21)9-7-6-8-10-17/h11-12H,5-10,18H2,1-4H3,(H,20,21). The minimum atomic E-state index is -1.30. The van der Waals surface area contributed by atoms with Crippen LogP contribution in [0, 0.1) is 10.8 Å². The van der Waals surface area contributed by atoms with Crippen LogP contribution < -0.4 is 5.73 Å². The van der Waals surface area contributed by atoms with E-state index in [0.29, 0.717) is 25.7 Å². The molecule has 3 N–H and O–H groups in total. The Morgan fingerprint density at radius 1 is 1.12 bits per heavy atom. The average Bonchev–Trinajstić information content (AvgIpc) is 2.52. The lowest BCUT2D eigenvalue weighted by Crippen LogP contribution is -2.54. The van der Waals surface area contributed by atoms with E-state index in [1.54, 1.807) is 27.7 Å². The van der Waals surface area contributed by atoms with E-state index < -0.39 is 41.1 Å². The zero-order valence-electron chi connectivity index (χ0n) is 15.0. The van der Waals surface area contributed by atoms with Crippen LogP contribution in [-0.4, -0.2) is 35.3 Å². The molecule has 1 rings (SSSR count). The van der Waals surface area contributed by atoms with Gasteiger partial charge in [-0.05, 0) is 33.6 Å². The first-order chi connectivity index (χ1) is 11.0.